The van der Waals surface area contributed by atoms with Crippen molar-refractivity contribution in [2.45, 2.75) is 13.3 Å². The number of hydrogen-bond acceptors (Lipinski definition) is 1. The van der Waals surface area contributed by atoms with Crippen molar-refractivity contribution >= 4 is 34.7 Å². The molecule has 1 aromatic carbocycles. The molecule has 0 atom stereocenters. The highest BCUT2D eigenvalue weighted by Crippen LogP contribution is 2.22. The molecule has 82 valence electrons. The lowest BCUT2D eigenvalue weighted by Crippen LogP contribution is -1.95. The van der Waals surface area contributed by atoms with Gasteiger partial charge in [-0.15, -0.1) is 0 Å². The minimum absolute atomic E-state index is 0.609. The molecular formula is C13H12ClNS. The smallest absolute Gasteiger partial charge is 0.0523 e. The van der Waals surface area contributed by atoms with Crippen molar-refractivity contribution in [3.05, 3.63) is 51.6 Å². The van der Waals surface area contributed by atoms with Crippen molar-refractivity contribution in [3.63, 3.8) is 0 Å². The first-order valence-corrected chi connectivity index (χ1v) is 5.82. The molecule has 1 N–H and O–H groups in total. The summed E-state index contributed by atoms with van der Waals surface area (Å²) in [6.45, 7) is 5.73. The quantitative estimate of drug-likeness (QED) is 0.775. The molecule has 0 aliphatic rings. The summed E-state index contributed by atoms with van der Waals surface area (Å²) in [6, 6.07) is 8.03. The van der Waals surface area contributed by atoms with Gasteiger partial charge in [0.1, 0.15) is 0 Å². The molecular weight excluding hydrogens is 238 g/mol. The number of H-pyrrole nitrogens is 1. The Hall–Kier alpha value is -1.12. The van der Waals surface area contributed by atoms with Gasteiger partial charge in [0.25, 0.3) is 0 Å². The molecule has 2 rings (SSSR count). The number of fused-ring (bicyclic) bond motifs is 1. The van der Waals surface area contributed by atoms with E-state index in [2.05, 4.69) is 11.6 Å². The van der Waals surface area contributed by atoms with Gasteiger partial charge in [0.15, 0.2) is 0 Å². The van der Waals surface area contributed by atoms with Gasteiger partial charge in [-0.1, -0.05) is 48.6 Å². The Morgan fingerprint density at radius 2 is 2.12 bits per heavy atom. The average molecular weight is 250 g/mol. The Balaban J connectivity index is 2.76. The lowest BCUT2D eigenvalue weighted by Gasteiger charge is -2.08. The first-order valence-electron chi connectivity index (χ1n) is 5.03. The number of para-hydroxylation sites is 1. The van der Waals surface area contributed by atoms with E-state index < -0.39 is 0 Å². The van der Waals surface area contributed by atoms with E-state index in [0.717, 1.165) is 26.7 Å². The summed E-state index contributed by atoms with van der Waals surface area (Å²) >= 11 is 11.3. The third kappa shape index (κ3) is 2.04. The summed E-state index contributed by atoms with van der Waals surface area (Å²) in [5.74, 6) is 0. The Morgan fingerprint density at radius 1 is 1.44 bits per heavy atom. The standard InChI is InChI=1S/C13H12ClNS/c1-8(14)7-11-9(2)15-12-6-4-3-5-10(12)13(11)16/h3-6H,1,7H2,2H3,(H,15,16). The molecule has 0 fully saturated rings. The monoisotopic (exact) mass is 249 g/mol. The van der Waals surface area contributed by atoms with E-state index in [1.54, 1.807) is 0 Å². The fraction of sp³-hybridized carbons (Fsp3) is 0.154. The lowest BCUT2D eigenvalue weighted by molar-refractivity contribution is 1.12. The predicted octanol–water partition coefficient (Wildman–Crippen LogP) is 4.50. The molecule has 0 saturated carbocycles. The number of hydrogen-bond donors (Lipinski definition) is 1. The third-order valence-electron chi connectivity index (χ3n) is 2.59. The molecule has 0 bridgehead atoms. The second-order valence-corrected chi connectivity index (χ2v) is 4.74. The van der Waals surface area contributed by atoms with Crippen LogP contribution in [-0.2, 0) is 6.42 Å². The normalized spacial score (nSPS) is 10.6. The van der Waals surface area contributed by atoms with Gasteiger partial charge in [0.05, 0.1) is 4.51 Å². The summed E-state index contributed by atoms with van der Waals surface area (Å²) in [5.41, 5.74) is 3.19. The minimum atomic E-state index is 0.609. The molecule has 1 nitrogen and oxygen atoms in total. The van der Waals surface area contributed by atoms with Gasteiger partial charge < -0.3 is 4.98 Å². The number of allylic oxidation sites excluding steroid dienone is 1. The van der Waals surface area contributed by atoms with E-state index in [0.29, 0.717) is 11.5 Å². The summed E-state index contributed by atoms with van der Waals surface area (Å²) in [6.07, 6.45) is 0.619. The van der Waals surface area contributed by atoms with Crippen LogP contribution in [0.1, 0.15) is 11.3 Å². The van der Waals surface area contributed by atoms with Crippen LogP contribution in [0.2, 0.25) is 0 Å². The first kappa shape index (κ1) is 11.4. The van der Waals surface area contributed by atoms with Gasteiger partial charge in [-0.05, 0) is 18.6 Å². The van der Waals surface area contributed by atoms with Crippen LogP contribution in [0.5, 0.6) is 0 Å². The molecule has 3 heteroatoms. The van der Waals surface area contributed by atoms with Crippen molar-refractivity contribution in [2.75, 3.05) is 0 Å². The van der Waals surface area contributed by atoms with Crippen LogP contribution in [0.15, 0.2) is 35.9 Å². The van der Waals surface area contributed by atoms with Crippen molar-refractivity contribution in [2.24, 2.45) is 0 Å². The van der Waals surface area contributed by atoms with Gasteiger partial charge in [-0.25, -0.2) is 0 Å². The molecule has 0 aliphatic carbocycles. The molecule has 0 amide bonds. The molecule has 0 radical (unpaired) electrons. The Morgan fingerprint density at radius 3 is 2.81 bits per heavy atom. The second kappa shape index (κ2) is 4.40. The van der Waals surface area contributed by atoms with Crippen molar-refractivity contribution in [1.82, 2.24) is 4.98 Å². The second-order valence-electron chi connectivity index (χ2n) is 3.80. The predicted molar refractivity (Wildman–Crippen MR) is 72.6 cm³/mol. The molecule has 0 spiro atoms. The van der Waals surface area contributed by atoms with Gasteiger partial charge in [-0.2, -0.15) is 0 Å². The lowest BCUT2D eigenvalue weighted by atomic mass is 10.1. The Bertz CT molecular complexity index is 613. The van der Waals surface area contributed by atoms with E-state index in [9.17, 15) is 0 Å². The van der Waals surface area contributed by atoms with Crippen LogP contribution in [0.25, 0.3) is 10.9 Å². The molecule has 0 aliphatic heterocycles. The maximum absolute atomic E-state index is 5.85. The topological polar surface area (TPSA) is 15.8 Å². The van der Waals surface area contributed by atoms with Gasteiger partial charge in [-0.3, -0.25) is 0 Å². The SMILES string of the molecule is C=C(Cl)Cc1c(C)[nH]c2ccccc2c1=S. The zero-order valence-corrected chi connectivity index (χ0v) is 10.6. The average Bonchev–Trinajstić information content (AvgIpc) is 2.24. The summed E-state index contributed by atoms with van der Waals surface area (Å²) in [5, 5.41) is 1.67. The van der Waals surface area contributed by atoms with Gasteiger partial charge in [0.2, 0.25) is 0 Å². The number of benzene rings is 1. The van der Waals surface area contributed by atoms with E-state index in [1.807, 2.05) is 31.2 Å². The zero-order valence-electron chi connectivity index (χ0n) is 9.01. The Labute approximate surface area is 105 Å². The molecule has 16 heavy (non-hydrogen) atoms. The fourth-order valence-electron chi connectivity index (χ4n) is 1.81. The number of aromatic amines is 1. The number of aromatic nitrogens is 1. The third-order valence-corrected chi connectivity index (χ3v) is 3.19. The van der Waals surface area contributed by atoms with Gasteiger partial charge in [0, 0.05) is 28.0 Å². The van der Waals surface area contributed by atoms with Crippen LogP contribution >= 0.6 is 23.8 Å². The highest BCUT2D eigenvalue weighted by molar-refractivity contribution is 7.71. The highest BCUT2D eigenvalue weighted by atomic mass is 35.5. The van der Waals surface area contributed by atoms with Gasteiger partial charge >= 0.3 is 0 Å². The van der Waals surface area contributed by atoms with E-state index >= 15 is 0 Å². The van der Waals surface area contributed by atoms with Crippen molar-refractivity contribution in [1.29, 1.82) is 0 Å². The highest BCUT2D eigenvalue weighted by Gasteiger charge is 2.06. The Kier molecular flexibility index (Phi) is 3.13. The minimum Gasteiger partial charge on any atom is -0.358 e. The molecule has 0 saturated heterocycles. The number of nitrogens with one attached hydrogen (secondary N) is 1. The molecule has 1 aromatic heterocycles. The van der Waals surface area contributed by atoms with E-state index in [-0.39, 0.29) is 0 Å². The summed E-state index contributed by atoms with van der Waals surface area (Å²) in [7, 11) is 0. The van der Waals surface area contributed by atoms with Crippen LogP contribution in [0.4, 0.5) is 0 Å². The fourth-order valence-corrected chi connectivity index (χ4v) is 2.34. The van der Waals surface area contributed by atoms with Crippen LogP contribution in [-0.4, -0.2) is 4.98 Å². The zero-order chi connectivity index (χ0) is 11.7. The maximum atomic E-state index is 5.85. The van der Waals surface area contributed by atoms with Crippen molar-refractivity contribution in [3.8, 4) is 0 Å². The molecule has 1 heterocycles. The molecule has 2 aromatic rings. The first-order chi connectivity index (χ1) is 7.59. The number of pyridine rings is 1. The maximum Gasteiger partial charge on any atom is 0.0523 e. The van der Waals surface area contributed by atoms with E-state index in [4.69, 9.17) is 23.8 Å². The number of halogens is 1. The van der Waals surface area contributed by atoms with E-state index in [1.165, 1.54) is 0 Å². The summed E-state index contributed by atoms with van der Waals surface area (Å²) < 4.78 is 0.869. The largest absolute Gasteiger partial charge is 0.358 e. The van der Waals surface area contributed by atoms with Crippen LogP contribution in [0, 0.1) is 11.4 Å². The van der Waals surface area contributed by atoms with Crippen molar-refractivity contribution < 1.29 is 0 Å². The van der Waals surface area contributed by atoms with Crippen LogP contribution < -0.4 is 0 Å². The number of rotatable bonds is 2. The molecule has 0 unspecified atom stereocenters. The number of aryl methyl sites for hydroxylation is 1. The summed E-state index contributed by atoms with van der Waals surface area (Å²) in [4.78, 5) is 3.34. The van der Waals surface area contributed by atoms with Crippen LogP contribution in [0.3, 0.4) is 0 Å².